The number of aromatic nitrogens is 1. The summed E-state index contributed by atoms with van der Waals surface area (Å²) in [5.74, 6) is 1.49. The van der Waals surface area contributed by atoms with E-state index < -0.39 is 0 Å². The van der Waals surface area contributed by atoms with Gasteiger partial charge in [-0.25, -0.2) is 4.98 Å². The molecule has 0 saturated heterocycles. The maximum absolute atomic E-state index is 5.57. The molecule has 114 valence electrons. The molecule has 1 heterocycles. The molecule has 1 aromatic heterocycles. The van der Waals surface area contributed by atoms with Crippen LogP contribution in [0, 0.1) is 6.92 Å². The molecule has 4 nitrogen and oxygen atoms in total. The lowest BCUT2D eigenvalue weighted by Gasteiger charge is -2.22. The number of nitrogens with zero attached hydrogens (tertiary/aromatic N) is 1. The van der Waals surface area contributed by atoms with Crippen molar-refractivity contribution in [3.63, 3.8) is 0 Å². The number of aryl methyl sites for hydroxylation is 1. The highest BCUT2D eigenvalue weighted by atomic mass is 32.1. The van der Waals surface area contributed by atoms with E-state index in [0.29, 0.717) is 6.04 Å². The largest absolute Gasteiger partial charge is 0.493 e. The van der Waals surface area contributed by atoms with Gasteiger partial charge in [0.25, 0.3) is 0 Å². The van der Waals surface area contributed by atoms with Gasteiger partial charge in [-0.15, -0.1) is 11.3 Å². The van der Waals surface area contributed by atoms with Gasteiger partial charge in [0.15, 0.2) is 11.5 Å². The summed E-state index contributed by atoms with van der Waals surface area (Å²) >= 11 is 1.66. The van der Waals surface area contributed by atoms with Gasteiger partial charge < -0.3 is 14.8 Å². The number of rotatable bonds is 6. The Morgan fingerprint density at radius 2 is 1.95 bits per heavy atom. The quantitative estimate of drug-likeness (QED) is 0.886. The number of hydrogen-bond donors (Lipinski definition) is 1. The molecule has 0 bridgehead atoms. The molecule has 1 unspecified atom stereocenters. The van der Waals surface area contributed by atoms with E-state index in [-0.39, 0.29) is 6.04 Å². The normalized spacial score (nSPS) is 12.5. The molecule has 0 saturated carbocycles. The van der Waals surface area contributed by atoms with E-state index in [0.717, 1.165) is 27.8 Å². The van der Waals surface area contributed by atoms with E-state index >= 15 is 0 Å². The Balaban J connectivity index is 2.51. The van der Waals surface area contributed by atoms with E-state index in [2.05, 4.69) is 35.6 Å². The minimum atomic E-state index is -0.00579. The van der Waals surface area contributed by atoms with Crippen molar-refractivity contribution < 1.29 is 9.47 Å². The molecule has 0 spiro atoms. The molecule has 21 heavy (non-hydrogen) atoms. The van der Waals surface area contributed by atoms with Crippen LogP contribution in [0.25, 0.3) is 0 Å². The smallest absolute Gasteiger partial charge is 0.165 e. The van der Waals surface area contributed by atoms with Crippen molar-refractivity contribution in [1.29, 1.82) is 0 Å². The Labute approximate surface area is 130 Å². The fourth-order valence-corrected chi connectivity index (χ4v) is 3.14. The van der Waals surface area contributed by atoms with Crippen LogP contribution in [0.1, 0.15) is 36.2 Å². The first-order chi connectivity index (χ1) is 10.1. The van der Waals surface area contributed by atoms with Gasteiger partial charge in [0.2, 0.25) is 0 Å². The van der Waals surface area contributed by atoms with Crippen molar-refractivity contribution in [2.24, 2.45) is 0 Å². The van der Waals surface area contributed by atoms with Crippen LogP contribution in [0.2, 0.25) is 0 Å². The topological polar surface area (TPSA) is 43.4 Å². The number of nitrogens with one attached hydrogen (secondary N) is 1. The predicted molar refractivity (Wildman–Crippen MR) is 86.5 cm³/mol. The van der Waals surface area contributed by atoms with Crippen molar-refractivity contribution >= 4 is 11.3 Å². The fraction of sp³-hybridized carbons (Fsp3) is 0.438. The first-order valence-electron chi connectivity index (χ1n) is 6.95. The van der Waals surface area contributed by atoms with Crippen LogP contribution < -0.4 is 14.8 Å². The molecule has 0 amide bonds. The van der Waals surface area contributed by atoms with Crippen LogP contribution >= 0.6 is 11.3 Å². The van der Waals surface area contributed by atoms with Gasteiger partial charge >= 0.3 is 0 Å². The second-order valence-electron chi connectivity index (χ2n) is 5.16. The van der Waals surface area contributed by atoms with Crippen molar-refractivity contribution in [2.45, 2.75) is 32.9 Å². The van der Waals surface area contributed by atoms with E-state index in [1.54, 1.807) is 25.6 Å². The summed E-state index contributed by atoms with van der Waals surface area (Å²) in [4.78, 5) is 4.63. The van der Waals surface area contributed by atoms with Crippen molar-refractivity contribution in [3.05, 3.63) is 39.8 Å². The van der Waals surface area contributed by atoms with Gasteiger partial charge in [0.1, 0.15) is 5.01 Å². The summed E-state index contributed by atoms with van der Waals surface area (Å²) in [7, 11) is 3.32. The number of thiazole rings is 1. The maximum atomic E-state index is 5.57. The third kappa shape index (κ3) is 3.54. The molecular weight excluding hydrogens is 284 g/mol. The summed E-state index contributed by atoms with van der Waals surface area (Å²) in [6.07, 6.45) is 0. The minimum Gasteiger partial charge on any atom is -0.493 e. The standard InChI is InChI=1S/C16H22N2O2S/c1-10(2)17-14(16-18-11(3)9-21-16)12-7-6-8-13(19-4)15(12)20-5/h6-10,14,17H,1-5H3. The summed E-state index contributed by atoms with van der Waals surface area (Å²) in [5, 5.41) is 6.67. The van der Waals surface area contributed by atoms with Gasteiger partial charge in [0, 0.05) is 22.7 Å². The molecule has 0 aliphatic heterocycles. The Bertz CT molecular complexity index is 596. The van der Waals surface area contributed by atoms with Gasteiger partial charge in [-0.05, 0) is 26.8 Å². The molecule has 0 aliphatic rings. The van der Waals surface area contributed by atoms with Gasteiger partial charge in [-0.2, -0.15) is 0 Å². The first kappa shape index (κ1) is 15.8. The Morgan fingerprint density at radius 1 is 1.19 bits per heavy atom. The van der Waals surface area contributed by atoms with Crippen molar-refractivity contribution in [1.82, 2.24) is 10.3 Å². The summed E-state index contributed by atoms with van der Waals surface area (Å²) in [5.41, 5.74) is 2.08. The predicted octanol–water partition coefficient (Wildman–Crippen LogP) is 3.56. The van der Waals surface area contributed by atoms with Crippen LogP contribution in [0.5, 0.6) is 11.5 Å². The van der Waals surface area contributed by atoms with Gasteiger partial charge in [-0.1, -0.05) is 12.1 Å². The van der Waals surface area contributed by atoms with Gasteiger partial charge in [-0.3, -0.25) is 0 Å². The molecule has 1 atom stereocenters. The van der Waals surface area contributed by atoms with E-state index in [1.807, 2.05) is 19.1 Å². The van der Waals surface area contributed by atoms with Crippen molar-refractivity contribution in [3.8, 4) is 11.5 Å². The SMILES string of the molecule is COc1cccc(C(NC(C)C)c2nc(C)cs2)c1OC. The van der Waals surface area contributed by atoms with Crippen LogP contribution in [0.4, 0.5) is 0 Å². The lowest BCUT2D eigenvalue weighted by atomic mass is 10.0. The summed E-state index contributed by atoms with van der Waals surface area (Å²) < 4.78 is 11.0. The van der Waals surface area contributed by atoms with E-state index in [9.17, 15) is 0 Å². The average molecular weight is 306 g/mol. The molecular formula is C16H22N2O2S. The number of para-hydroxylation sites is 1. The lowest BCUT2D eigenvalue weighted by molar-refractivity contribution is 0.347. The molecule has 5 heteroatoms. The number of benzene rings is 1. The van der Waals surface area contributed by atoms with Crippen LogP contribution in [0.3, 0.4) is 0 Å². The number of methoxy groups -OCH3 is 2. The Hall–Kier alpha value is -1.59. The van der Waals surface area contributed by atoms with Crippen LogP contribution in [0.15, 0.2) is 23.6 Å². The minimum absolute atomic E-state index is 0.00579. The monoisotopic (exact) mass is 306 g/mol. The Kier molecular flexibility index (Phi) is 5.20. The zero-order chi connectivity index (χ0) is 15.4. The highest BCUT2D eigenvalue weighted by Gasteiger charge is 2.23. The first-order valence-corrected chi connectivity index (χ1v) is 7.83. The molecule has 0 radical (unpaired) electrons. The number of hydrogen-bond acceptors (Lipinski definition) is 5. The molecule has 0 aliphatic carbocycles. The van der Waals surface area contributed by atoms with Crippen molar-refractivity contribution in [2.75, 3.05) is 14.2 Å². The van der Waals surface area contributed by atoms with Gasteiger partial charge in [0.05, 0.1) is 20.3 Å². The van der Waals surface area contributed by atoms with E-state index in [4.69, 9.17) is 9.47 Å². The van der Waals surface area contributed by atoms with E-state index in [1.165, 1.54) is 0 Å². The third-order valence-electron chi connectivity index (χ3n) is 3.13. The molecule has 1 N–H and O–H groups in total. The second-order valence-corrected chi connectivity index (χ2v) is 6.05. The molecule has 2 aromatic rings. The molecule has 2 rings (SSSR count). The highest BCUT2D eigenvalue weighted by molar-refractivity contribution is 7.09. The second kappa shape index (κ2) is 6.91. The Morgan fingerprint density at radius 3 is 2.48 bits per heavy atom. The average Bonchev–Trinajstić information content (AvgIpc) is 2.90. The zero-order valence-corrected chi connectivity index (χ0v) is 14.0. The van der Waals surface area contributed by atoms with Crippen LogP contribution in [-0.4, -0.2) is 25.2 Å². The molecule has 1 aromatic carbocycles. The maximum Gasteiger partial charge on any atom is 0.165 e. The summed E-state index contributed by atoms with van der Waals surface area (Å²) in [6.45, 7) is 6.26. The fourth-order valence-electron chi connectivity index (χ4n) is 2.27. The zero-order valence-electron chi connectivity index (χ0n) is 13.1. The lowest BCUT2D eigenvalue weighted by Crippen LogP contribution is -2.29. The highest BCUT2D eigenvalue weighted by Crippen LogP contribution is 2.38. The number of ether oxygens (including phenoxy) is 2. The third-order valence-corrected chi connectivity index (χ3v) is 4.16. The molecule has 0 fully saturated rings. The summed E-state index contributed by atoms with van der Waals surface area (Å²) in [6, 6.07) is 6.26. The van der Waals surface area contributed by atoms with Crippen LogP contribution in [-0.2, 0) is 0 Å².